The summed E-state index contributed by atoms with van der Waals surface area (Å²) in [6.07, 6.45) is -3.90. The molecule has 28 heavy (non-hydrogen) atoms. The predicted octanol–water partition coefficient (Wildman–Crippen LogP) is 5.54. The second kappa shape index (κ2) is 6.99. The molecule has 1 heterocycles. The molecule has 0 radical (unpaired) electrons. The van der Waals surface area contributed by atoms with Crippen molar-refractivity contribution in [3.63, 3.8) is 0 Å². The number of aliphatic hydroxyl groups is 1. The Labute approximate surface area is 161 Å². The van der Waals surface area contributed by atoms with Crippen molar-refractivity contribution in [2.75, 3.05) is 11.4 Å². The normalized spacial score (nSPS) is 22.4. The van der Waals surface area contributed by atoms with Crippen LogP contribution in [0.3, 0.4) is 0 Å². The number of anilines is 1. The van der Waals surface area contributed by atoms with Crippen LogP contribution in [0.1, 0.15) is 29.2 Å². The highest BCUT2D eigenvalue weighted by Gasteiger charge is 2.48. The molecule has 3 aromatic carbocycles. The van der Waals surface area contributed by atoms with Crippen LogP contribution < -0.4 is 4.90 Å². The lowest BCUT2D eigenvalue weighted by Gasteiger charge is -2.36. The van der Waals surface area contributed by atoms with Crippen LogP contribution in [-0.2, 0) is 11.8 Å². The summed E-state index contributed by atoms with van der Waals surface area (Å²) < 4.78 is 39.0. The van der Waals surface area contributed by atoms with E-state index in [1.54, 1.807) is 0 Å². The van der Waals surface area contributed by atoms with Gasteiger partial charge in [-0.25, -0.2) is 0 Å². The number of hydrogen-bond acceptors (Lipinski definition) is 2. The Balaban J connectivity index is 1.81. The SMILES string of the molecule is O[C@]1(c2ccccc2)CCN(c2ccccc2)[C@@H]1c1ccc(C(F)(F)F)cc1. The molecule has 2 atom stereocenters. The number of rotatable bonds is 3. The Morgan fingerprint density at radius 2 is 1.39 bits per heavy atom. The van der Waals surface area contributed by atoms with Gasteiger partial charge in [-0.05, 0) is 35.4 Å². The van der Waals surface area contributed by atoms with Gasteiger partial charge in [0, 0.05) is 18.7 Å². The summed E-state index contributed by atoms with van der Waals surface area (Å²) in [4.78, 5) is 2.07. The first kappa shape index (κ1) is 18.6. The van der Waals surface area contributed by atoms with Gasteiger partial charge in [-0.1, -0.05) is 60.7 Å². The monoisotopic (exact) mass is 383 g/mol. The van der Waals surface area contributed by atoms with Crippen molar-refractivity contribution in [3.05, 3.63) is 102 Å². The zero-order chi connectivity index (χ0) is 19.8. The van der Waals surface area contributed by atoms with E-state index in [1.807, 2.05) is 60.7 Å². The third-order valence-electron chi connectivity index (χ3n) is 5.41. The molecule has 0 amide bonds. The third-order valence-corrected chi connectivity index (χ3v) is 5.41. The van der Waals surface area contributed by atoms with Crippen molar-refractivity contribution < 1.29 is 18.3 Å². The zero-order valence-electron chi connectivity index (χ0n) is 15.1. The molecule has 0 bridgehead atoms. The number of para-hydroxylation sites is 1. The van der Waals surface area contributed by atoms with Gasteiger partial charge in [-0.15, -0.1) is 0 Å². The van der Waals surface area contributed by atoms with E-state index in [1.165, 1.54) is 12.1 Å². The van der Waals surface area contributed by atoms with Crippen LogP contribution >= 0.6 is 0 Å². The standard InChI is InChI=1S/C23H20F3NO/c24-23(25,26)19-13-11-17(12-14-19)21-22(28,18-7-3-1-4-8-18)15-16-27(21)20-9-5-2-6-10-20/h1-14,21,28H,15-16H2/t21-,22+/m1/s1. The van der Waals surface area contributed by atoms with Crippen molar-refractivity contribution >= 4 is 5.69 Å². The molecule has 4 rings (SSSR count). The van der Waals surface area contributed by atoms with E-state index in [2.05, 4.69) is 4.90 Å². The van der Waals surface area contributed by atoms with E-state index in [0.29, 0.717) is 18.5 Å². The third kappa shape index (κ3) is 3.27. The highest BCUT2D eigenvalue weighted by atomic mass is 19.4. The molecular formula is C23H20F3NO. The van der Waals surface area contributed by atoms with Gasteiger partial charge < -0.3 is 10.0 Å². The number of hydrogen-bond donors (Lipinski definition) is 1. The molecule has 1 saturated heterocycles. The van der Waals surface area contributed by atoms with Gasteiger partial charge in [-0.3, -0.25) is 0 Å². The molecule has 0 aromatic heterocycles. The zero-order valence-corrected chi connectivity index (χ0v) is 15.1. The minimum atomic E-state index is -4.39. The topological polar surface area (TPSA) is 23.5 Å². The molecule has 2 nitrogen and oxygen atoms in total. The van der Waals surface area contributed by atoms with E-state index in [9.17, 15) is 18.3 Å². The highest BCUT2D eigenvalue weighted by molar-refractivity contribution is 5.53. The highest BCUT2D eigenvalue weighted by Crippen LogP contribution is 2.49. The quantitative estimate of drug-likeness (QED) is 0.641. The molecule has 1 fully saturated rings. The summed E-state index contributed by atoms with van der Waals surface area (Å²) in [5, 5.41) is 11.7. The summed E-state index contributed by atoms with van der Waals surface area (Å²) in [7, 11) is 0. The molecule has 0 spiro atoms. The maximum absolute atomic E-state index is 13.0. The summed E-state index contributed by atoms with van der Waals surface area (Å²) >= 11 is 0. The Hall–Kier alpha value is -2.79. The molecule has 1 aliphatic rings. The lowest BCUT2D eigenvalue weighted by Crippen LogP contribution is -2.35. The van der Waals surface area contributed by atoms with Gasteiger partial charge in [0.1, 0.15) is 5.60 Å². The lowest BCUT2D eigenvalue weighted by atomic mass is 9.82. The molecular weight excluding hydrogens is 363 g/mol. The van der Waals surface area contributed by atoms with Crippen LogP contribution in [0.2, 0.25) is 0 Å². The van der Waals surface area contributed by atoms with E-state index >= 15 is 0 Å². The predicted molar refractivity (Wildman–Crippen MR) is 103 cm³/mol. The number of nitrogens with zero attached hydrogens (tertiary/aromatic N) is 1. The fraction of sp³-hybridized carbons (Fsp3) is 0.217. The maximum atomic E-state index is 13.0. The summed E-state index contributed by atoms with van der Waals surface area (Å²) in [5.74, 6) is 0. The van der Waals surface area contributed by atoms with Crippen LogP contribution in [0.25, 0.3) is 0 Å². The first-order valence-corrected chi connectivity index (χ1v) is 9.16. The van der Waals surface area contributed by atoms with Gasteiger partial charge in [0.15, 0.2) is 0 Å². The van der Waals surface area contributed by atoms with Crippen LogP contribution in [-0.4, -0.2) is 11.7 Å². The second-order valence-electron chi connectivity index (χ2n) is 7.09. The minimum Gasteiger partial charge on any atom is -0.383 e. The first-order valence-electron chi connectivity index (χ1n) is 9.16. The molecule has 0 unspecified atom stereocenters. The number of benzene rings is 3. The fourth-order valence-corrected chi connectivity index (χ4v) is 4.05. The Kier molecular flexibility index (Phi) is 4.63. The van der Waals surface area contributed by atoms with E-state index < -0.39 is 23.4 Å². The minimum absolute atomic E-state index is 0.484. The Bertz CT molecular complexity index is 926. The van der Waals surface area contributed by atoms with E-state index in [0.717, 1.165) is 23.4 Å². The van der Waals surface area contributed by atoms with Gasteiger partial charge in [0.25, 0.3) is 0 Å². The fourth-order valence-electron chi connectivity index (χ4n) is 4.05. The molecule has 144 valence electrons. The van der Waals surface area contributed by atoms with Crippen molar-refractivity contribution in [2.45, 2.75) is 24.2 Å². The number of halogens is 3. The van der Waals surface area contributed by atoms with Crippen LogP contribution in [0, 0.1) is 0 Å². The van der Waals surface area contributed by atoms with Crippen LogP contribution in [0.4, 0.5) is 18.9 Å². The van der Waals surface area contributed by atoms with Crippen molar-refractivity contribution in [3.8, 4) is 0 Å². The Morgan fingerprint density at radius 3 is 1.96 bits per heavy atom. The van der Waals surface area contributed by atoms with Crippen LogP contribution in [0.5, 0.6) is 0 Å². The molecule has 1 N–H and O–H groups in total. The average Bonchev–Trinajstić information content (AvgIpc) is 3.07. The molecule has 3 aromatic rings. The van der Waals surface area contributed by atoms with E-state index in [-0.39, 0.29) is 0 Å². The summed E-state index contributed by atoms with van der Waals surface area (Å²) in [5.41, 5.74) is 0.457. The molecule has 0 aliphatic carbocycles. The summed E-state index contributed by atoms with van der Waals surface area (Å²) in [6.45, 7) is 0.598. The van der Waals surface area contributed by atoms with E-state index in [4.69, 9.17) is 0 Å². The van der Waals surface area contributed by atoms with Gasteiger partial charge >= 0.3 is 6.18 Å². The largest absolute Gasteiger partial charge is 0.416 e. The number of alkyl halides is 3. The lowest BCUT2D eigenvalue weighted by molar-refractivity contribution is -0.137. The van der Waals surface area contributed by atoms with Crippen LogP contribution in [0.15, 0.2) is 84.9 Å². The van der Waals surface area contributed by atoms with Gasteiger partial charge in [-0.2, -0.15) is 13.2 Å². The first-order chi connectivity index (χ1) is 13.4. The molecule has 0 saturated carbocycles. The second-order valence-corrected chi connectivity index (χ2v) is 7.09. The molecule has 1 aliphatic heterocycles. The molecule has 5 heteroatoms. The average molecular weight is 383 g/mol. The summed E-state index contributed by atoms with van der Waals surface area (Å²) in [6, 6.07) is 23.6. The van der Waals surface area contributed by atoms with Crippen molar-refractivity contribution in [1.82, 2.24) is 0 Å². The van der Waals surface area contributed by atoms with Crippen molar-refractivity contribution in [1.29, 1.82) is 0 Å². The van der Waals surface area contributed by atoms with Gasteiger partial charge in [0.05, 0.1) is 11.6 Å². The maximum Gasteiger partial charge on any atom is 0.416 e. The smallest absolute Gasteiger partial charge is 0.383 e. The Morgan fingerprint density at radius 1 is 0.821 bits per heavy atom. The van der Waals surface area contributed by atoms with Gasteiger partial charge in [0.2, 0.25) is 0 Å². The van der Waals surface area contributed by atoms with Crippen molar-refractivity contribution in [2.24, 2.45) is 0 Å².